The minimum absolute atomic E-state index is 0.131. The summed E-state index contributed by atoms with van der Waals surface area (Å²) in [5, 5.41) is 0. The molecule has 1 aliphatic rings. The molecule has 0 aliphatic carbocycles. The van der Waals surface area contributed by atoms with Crippen LogP contribution in [0.5, 0.6) is 0 Å². The zero-order valence-corrected chi connectivity index (χ0v) is 10.1. The molecule has 1 atom stereocenters. The van der Waals surface area contributed by atoms with E-state index in [1.807, 2.05) is 24.3 Å². The molecule has 92 valence electrons. The Bertz CT molecular complexity index is 389. The number of hydrogen-bond donors (Lipinski definition) is 1. The Morgan fingerprint density at radius 1 is 1.41 bits per heavy atom. The number of rotatable bonds is 3. The normalized spacial score (nSPS) is 20.2. The standard InChI is InChI=1S/C13H18N2O2/c1-2-10-3-5-11(6-4-10)15-8-7-12(9-14)17-13(15)16/h3-6,12H,2,7-9,14H2,1H3. The molecule has 4 nitrogen and oxygen atoms in total. The summed E-state index contributed by atoms with van der Waals surface area (Å²) in [6.07, 6.45) is 1.36. The summed E-state index contributed by atoms with van der Waals surface area (Å²) in [4.78, 5) is 13.4. The van der Waals surface area contributed by atoms with Crippen LogP contribution in [0.25, 0.3) is 0 Å². The Morgan fingerprint density at radius 3 is 2.65 bits per heavy atom. The van der Waals surface area contributed by atoms with Crippen molar-refractivity contribution in [2.45, 2.75) is 25.9 Å². The van der Waals surface area contributed by atoms with Gasteiger partial charge in [0.05, 0.1) is 0 Å². The summed E-state index contributed by atoms with van der Waals surface area (Å²) in [6.45, 7) is 3.18. The second kappa shape index (κ2) is 5.19. The number of amides is 1. The predicted molar refractivity (Wildman–Crippen MR) is 67.1 cm³/mol. The van der Waals surface area contributed by atoms with E-state index in [9.17, 15) is 4.79 Å². The van der Waals surface area contributed by atoms with Gasteiger partial charge in [-0.05, 0) is 24.1 Å². The number of anilines is 1. The van der Waals surface area contributed by atoms with Crippen LogP contribution in [0, 0.1) is 0 Å². The van der Waals surface area contributed by atoms with E-state index in [1.165, 1.54) is 5.56 Å². The summed E-state index contributed by atoms with van der Waals surface area (Å²) in [6, 6.07) is 8.00. The van der Waals surface area contributed by atoms with Gasteiger partial charge in [0.25, 0.3) is 0 Å². The molecule has 1 heterocycles. The van der Waals surface area contributed by atoms with Gasteiger partial charge in [0.1, 0.15) is 6.10 Å². The molecule has 1 saturated heterocycles. The van der Waals surface area contributed by atoms with Gasteiger partial charge in [-0.1, -0.05) is 19.1 Å². The van der Waals surface area contributed by atoms with Crippen molar-refractivity contribution in [1.29, 1.82) is 0 Å². The molecule has 2 N–H and O–H groups in total. The van der Waals surface area contributed by atoms with Crippen LogP contribution in [0.15, 0.2) is 24.3 Å². The average Bonchev–Trinajstić information content (AvgIpc) is 2.39. The number of benzene rings is 1. The van der Waals surface area contributed by atoms with E-state index >= 15 is 0 Å². The average molecular weight is 234 g/mol. The van der Waals surface area contributed by atoms with Crippen LogP contribution in [-0.2, 0) is 11.2 Å². The second-order valence-corrected chi connectivity index (χ2v) is 4.20. The molecule has 1 fully saturated rings. The molecule has 1 unspecified atom stereocenters. The fraction of sp³-hybridized carbons (Fsp3) is 0.462. The molecule has 1 amide bonds. The number of carbonyl (C=O) groups excluding carboxylic acids is 1. The quantitative estimate of drug-likeness (QED) is 0.869. The zero-order valence-electron chi connectivity index (χ0n) is 10.1. The highest BCUT2D eigenvalue weighted by Crippen LogP contribution is 2.21. The van der Waals surface area contributed by atoms with Gasteiger partial charge < -0.3 is 10.5 Å². The maximum Gasteiger partial charge on any atom is 0.414 e. The van der Waals surface area contributed by atoms with Gasteiger partial charge in [-0.25, -0.2) is 4.79 Å². The highest BCUT2D eigenvalue weighted by Gasteiger charge is 2.27. The molecule has 0 bridgehead atoms. The number of cyclic esters (lactones) is 1. The zero-order chi connectivity index (χ0) is 12.3. The van der Waals surface area contributed by atoms with Crippen molar-refractivity contribution in [3.8, 4) is 0 Å². The summed E-state index contributed by atoms with van der Waals surface area (Å²) in [7, 11) is 0. The number of carbonyl (C=O) groups is 1. The summed E-state index contributed by atoms with van der Waals surface area (Å²) >= 11 is 0. The Morgan fingerprint density at radius 2 is 2.12 bits per heavy atom. The minimum Gasteiger partial charge on any atom is -0.444 e. The third kappa shape index (κ3) is 2.58. The highest BCUT2D eigenvalue weighted by molar-refractivity contribution is 5.88. The van der Waals surface area contributed by atoms with E-state index in [0.717, 1.165) is 18.5 Å². The SMILES string of the molecule is CCc1ccc(N2CCC(CN)OC2=O)cc1. The smallest absolute Gasteiger partial charge is 0.414 e. The molecule has 4 heteroatoms. The van der Waals surface area contributed by atoms with Gasteiger partial charge in [0.2, 0.25) is 0 Å². The van der Waals surface area contributed by atoms with E-state index in [2.05, 4.69) is 6.92 Å². The van der Waals surface area contributed by atoms with Crippen LogP contribution < -0.4 is 10.6 Å². The van der Waals surface area contributed by atoms with E-state index in [-0.39, 0.29) is 12.2 Å². The maximum absolute atomic E-state index is 11.8. The number of ether oxygens (including phenoxy) is 1. The maximum atomic E-state index is 11.8. The number of nitrogens with zero attached hydrogens (tertiary/aromatic N) is 1. The van der Waals surface area contributed by atoms with E-state index in [1.54, 1.807) is 4.90 Å². The van der Waals surface area contributed by atoms with Crippen molar-refractivity contribution in [2.75, 3.05) is 18.0 Å². The lowest BCUT2D eigenvalue weighted by atomic mass is 10.1. The summed E-state index contributed by atoms with van der Waals surface area (Å²) in [5.74, 6) is 0. The Labute approximate surface area is 101 Å². The third-order valence-corrected chi connectivity index (χ3v) is 3.08. The van der Waals surface area contributed by atoms with Gasteiger partial charge in [-0.2, -0.15) is 0 Å². The lowest BCUT2D eigenvalue weighted by Crippen LogP contribution is -2.44. The van der Waals surface area contributed by atoms with Crippen LogP contribution in [0.2, 0.25) is 0 Å². The Hall–Kier alpha value is -1.55. The van der Waals surface area contributed by atoms with Crippen molar-refractivity contribution in [3.05, 3.63) is 29.8 Å². The number of aryl methyl sites for hydroxylation is 1. The van der Waals surface area contributed by atoms with Gasteiger partial charge in [-0.3, -0.25) is 4.90 Å². The third-order valence-electron chi connectivity index (χ3n) is 3.08. The summed E-state index contributed by atoms with van der Waals surface area (Å²) in [5.41, 5.74) is 7.65. The second-order valence-electron chi connectivity index (χ2n) is 4.20. The molecule has 0 spiro atoms. The van der Waals surface area contributed by atoms with E-state index in [4.69, 9.17) is 10.5 Å². The molecule has 0 saturated carbocycles. The molecule has 2 rings (SSSR count). The van der Waals surface area contributed by atoms with Gasteiger partial charge in [-0.15, -0.1) is 0 Å². The number of nitrogens with two attached hydrogens (primary N) is 1. The Kier molecular flexibility index (Phi) is 3.64. The van der Waals surface area contributed by atoms with Crippen LogP contribution in [0.1, 0.15) is 18.9 Å². The van der Waals surface area contributed by atoms with Gasteiger partial charge in [0, 0.05) is 25.2 Å². The van der Waals surface area contributed by atoms with Crippen LogP contribution in [-0.4, -0.2) is 25.3 Å². The lowest BCUT2D eigenvalue weighted by Gasteiger charge is -2.31. The fourth-order valence-electron chi connectivity index (χ4n) is 1.94. The van der Waals surface area contributed by atoms with Crippen LogP contribution in [0.3, 0.4) is 0 Å². The highest BCUT2D eigenvalue weighted by atomic mass is 16.6. The molecule has 0 aromatic heterocycles. The topological polar surface area (TPSA) is 55.6 Å². The first-order chi connectivity index (χ1) is 8.24. The molecule has 1 aromatic carbocycles. The first-order valence-electron chi connectivity index (χ1n) is 6.01. The van der Waals surface area contributed by atoms with Crippen molar-refractivity contribution >= 4 is 11.8 Å². The Balaban J connectivity index is 2.09. The molecule has 1 aliphatic heterocycles. The minimum atomic E-state index is -0.295. The van der Waals surface area contributed by atoms with Gasteiger partial charge >= 0.3 is 6.09 Å². The molecular formula is C13H18N2O2. The number of hydrogen-bond acceptors (Lipinski definition) is 3. The van der Waals surface area contributed by atoms with Crippen molar-refractivity contribution in [3.63, 3.8) is 0 Å². The lowest BCUT2D eigenvalue weighted by molar-refractivity contribution is 0.0888. The molecule has 17 heavy (non-hydrogen) atoms. The monoisotopic (exact) mass is 234 g/mol. The molecule has 1 aromatic rings. The van der Waals surface area contributed by atoms with E-state index < -0.39 is 0 Å². The first kappa shape index (κ1) is 11.9. The molecular weight excluding hydrogens is 216 g/mol. The molecule has 0 radical (unpaired) electrons. The fourth-order valence-corrected chi connectivity index (χ4v) is 1.94. The first-order valence-corrected chi connectivity index (χ1v) is 6.01. The van der Waals surface area contributed by atoms with Crippen molar-refractivity contribution in [1.82, 2.24) is 0 Å². The van der Waals surface area contributed by atoms with Crippen LogP contribution in [0.4, 0.5) is 10.5 Å². The van der Waals surface area contributed by atoms with E-state index in [0.29, 0.717) is 13.1 Å². The van der Waals surface area contributed by atoms with Crippen molar-refractivity contribution in [2.24, 2.45) is 5.73 Å². The summed E-state index contributed by atoms with van der Waals surface area (Å²) < 4.78 is 5.22. The van der Waals surface area contributed by atoms with Crippen LogP contribution >= 0.6 is 0 Å². The van der Waals surface area contributed by atoms with Gasteiger partial charge in [0.15, 0.2) is 0 Å². The largest absolute Gasteiger partial charge is 0.444 e. The van der Waals surface area contributed by atoms with Crippen molar-refractivity contribution < 1.29 is 9.53 Å². The predicted octanol–water partition coefficient (Wildman–Crippen LogP) is 1.92.